The minimum absolute atomic E-state index is 0.107. The van der Waals surface area contributed by atoms with Gasteiger partial charge in [-0.25, -0.2) is 4.39 Å². The van der Waals surface area contributed by atoms with Gasteiger partial charge in [0, 0.05) is 36.8 Å². The molecular weight excluding hydrogens is 367 g/mol. The van der Waals surface area contributed by atoms with Gasteiger partial charge >= 0.3 is 0 Å². The fraction of sp³-hybridized carbons (Fsp3) is 0.200. The number of carbonyl (C=O) groups is 1. The molecule has 4 rings (SSSR count). The molecule has 27 heavy (non-hydrogen) atoms. The first-order valence-electron chi connectivity index (χ1n) is 8.72. The maximum atomic E-state index is 13.9. The van der Waals surface area contributed by atoms with Crippen LogP contribution < -0.4 is 4.90 Å². The summed E-state index contributed by atoms with van der Waals surface area (Å²) in [6.45, 7) is 2.22. The van der Waals surface area contributed by atoms with E-state index in [4.69, 9.17) is 11.6 Å². The maximum Gasteiger partial charge on any atom is 0.272 e. The number of aromatic nitrogens is 2. The van der Waals surface area contributed by atoms with Crippen LogP contribution in [0.1, 0.15) is 10.5 Å². The van der Waals surface area contributed by atoms with Crippen molar-refractivity contribution in [1.29, 1.82) is 0 Å². The summed E-state index contributed by atoms with van der Waals surface area (Å²) in [6.07, 6.45) is 0. The number of piperazine rings is 1. The number of aromatic amines is 1. The molecule has 0 atom stereocenters. The van der Waals surface area contributed by atoms with Crippen LogP contribution in [-0.2, 0) is 0 Å². The highest BCUT2D eigenvalue weighted by molar-refractivity contribution is 6.30. The SMILES string of the molecule is O=C(c1cc(-c2cccc(Cl)c2)n[nH]1)N1CCN(c2ccccc2F)CC1. The molecule has 0 radical (unpaired) electrons. The van der Waals surface area contributed by atoms with E-state index in [1.54, 1.807) is 35.2 Å². The lowest BCUT2D eigenvalue weighted by Gasteiger charge is -2.36. The minimum atomic E-state index is -0.239. The van der Waals surface area contributed by atoms with Gasteiger partial charge in [0.2, 0.25) is 0 Å². The topological polar surface area (TPSA) is 52.2 Å². The highest BCUT2D eigenvalue weighted by Crippen LogP contribution is 2.23. The fourth-order valence-corrected chi connectivity index (χ4v) is 3.45. The number of hydrogen-bond acceptors (Lipinski definition) is 3. The molecule has 0 aliphatic carbocycles. The van der Waals surface area contributed by atoms with Crippen molar-refractivity contribution in [2.75, 3.05) is 31.1 Å². The van der Waals surface area contributed by atoms with Crippen LogP contribution in [0.15, 0.2) is 54.6 Å². The molecule has 0 saturated carbocycles. The Hall–Kier alpha value is -2.86. The van der Waals surface area contributed by atoms with Gasteiger partial charge in [0.15, 0.2) is 0 Å². The van der Waals surface area contributed by atoms with Crippen molar-refractivity contribution < 1.29 is 9.18 Å². The predicted octanol–water partition coefficient (Wildman–Crippen LogP) is 3.83. The molecule has 1 amide bonds. The van der Waals surface area contributed by atoms with E-state index in [0.29, 0.717) is 48.3 Å². The zero-order valence-corrected chi connectivity index (χ0v) is 15.3. The summed E-state index contributed by atoms with van der Waals surface area (Å²) < 4.78 is 13.9. The number of rotatable bonds is 3. The molecule has 2 heterocycles. The van der Waals surface area contributed by atoms with Crippen LogP contribution in [0.5, 0.6) is 0 Å². The van der Waals surface area contributed by atoms with Crippen molar-refractivity contribution in [3.63, 3.8) is 0 Å². The molecule has 1 saturated heterocycles. The maximum absolute atomic E-state index is 13.9. The summed E-state index contributed by atoms with van der Waals surface area (Å²) in [5.74, 6) is -0.346. The first-order valence-corrected chi connectivity index (χ1v) is 9.10. The van der Waals surface area contributed by atoms with Crippen molar-refractivity contribution >= 4 is 23.2 Å². The Morgan fingerprint density at radius 1 is 1.04 bits per heavy atom. The number of amides is 1. The zero-order chi connectivity index (χ0) is 18.8. The van der Waals surface area contributed by atoms with Crippen LogP contribution in [0.2, 0.25) is 5.02 Å². The number of halogens is 2. The average molecular weight is 385 g/mol. The average Bonchev–Trinajstić information content (AvgIpc) is 3.18. The van der Waals surface area contributed by atoms with Gasteiger partial charge in [-0.1, -0.05) is 35.9 Å². The third-order valence-corrected chi connectivity index (χ3v) is 4.92. The van der Waals surface area contributed by atoms with E-state index in [-0.39, 0.29) is 11.7 Å². The van der Waals surface area contributed by atoms with Gasteiger partial charge in [-0.15, -0.1) is 0 Å². The highest BCUT2D eigenvalue weighted by Gasteiger charge is 2.24. The van der Waals surface area contributed by atoms with E-state index >= 15 is 0 Å². The number of para-hydroxylation sites is 1. The summed E-state index contributed by atoms with van der Waals surface area (Å²) in [5, 5.41) is 7.66. The minimum Gasteiger partial charge on any atom is -0.366 e. The third kappa shape index (κ3) is 3.66. The molecule has 7 heteroatoms. The van der Waals surface area contributed by atoms with Crippen LogP contribution in [0.25, 0.3) is 11.3 Å². The first kappa shape index (κ1) is 17.5. The van der Waals surface area contributed by atoms with E-state index < -0.39 is 0 Å². The molecule has 1 fully saturated rings. The van der Waals surface area contributed by atoms with Crippen LogP contribution in [0.4, 0.5) is 10.1 Å². The van der Waals surface area contributed by atoms with Crippen molar-refractivity contribution in [2.24, 2.45) is 0 Å². The van der Waals surface area contributed by atoms with Crippen LogP contribution in [0, 0.1) is 5.82 Å². The quantitative estimate of drug-likeness (QED) is 0.746. The Morgan fingerprint density at radius 3 is 2.56 bits per heavy atom. The molecule has 0 spiro atoms. The van der Waals surface area contributed by atoms with E-state index in [1.165, 1.54) is 6.07 Å². The summed E-state index contributed by atoms with van der Waals surface area (Å²) in [7, 11) is 0. The van der Waals surface area contributed by atoms with Crippen LogP contribution >= 0.6 is 11.6 Å². The Morgan fingerprint density at radius 2 is 1.81 bits per heavy atom. The molecule has 5 nitrogen and oxygen atoms in total. The number of benzene rings is 2. The summed E-state index contributed by atoms with van der Waals surface area (Å²) in [5.41, 5.74) is 2.53. The molecule has 1 N–H and O–H groups in total. The first-order chi connectivity index (χ1) is 13.1. The molecule has 1 aromatic heterocycles. The van der Waals surface area contributed by atoms with Crippen molar-refractivity contribution in [3.05, 3.63) is 71.1 Å². The van der Waals surface area contributed by atoms with E-state index in [9.17, 15) is 9.18 Å². The second-order valence-electron chi connectivity index (χ2n) is 6.41. The third-order valence-electron chi connectivity index (χ3n) is 4.69. The van der Waals surface area contributed by atoms with Gasteiger partial charge in [0.1, 0.15) is 11.5 Å². The molecular formula is C20H18ClFN4O. The van der Waals surface area contributed by atoms with Gasteiger partial charge in [0.25, 0.3) is 5.91 Å². The second kappa shape index (κ2) is 7.40. The lowest BCUT2D eigenvalue weighted by Crippen LogP contribution is -2.49. The van der Waals surface area contributed by atoms with Gasteiger partial charge < -0.3 is 9.80 Å². The molecule has 1 aliphatic rings. The van der Waals surface area contributed by atoms with Crippen molar-refractivity contribution in [1.82, 2.24) is 15.1 Å². The number of anilines is 1. The molecule has 2 aromatic carbocycles. The number of carbonyl (C=O) groups excluding carboxylic acids is 1. The monoisotopic (exact) mass is 384 g/mol. The Bertz CT molecular complexity index is 966. The zero-order valence-electron chi connectivity index (χ0n) is 14.5. The number of nitrogens with zero attached hydrogens (tertiary/aromatic N) is 3. The molecule has 0 bridgehead atoms. The highest BCUT2D eigenvalue weighted by atomic mass is 35.5. The lowest BCUT2D eigenvalue weighted by atomic mass is 10.1. The van der Waals surface area contributed by atoms with Crippen LogP contribution in [-0.4, -0.2) is 47.2 Å². The number of H-pyrrole nitrogens is 1. The molecule has 0 unspecified atom stereocenters. The Labute approximate surface area is 161 Å². The molecule has 138 valence electrons. The smallest absolute Gasteiger partial charge is 0.272 e. The summed E-state index contributed by atoms with van der Waals surface area (Å²) in [6, 6.07) is 15.8. The van der Waals surface area contributed by atoms with Gasteiger partial charge in [-0.3, -0.25) is 9.89 Å². The van der Waals surface area contributed by atoms with E-state index in [2.05, 4.69) is 10.2 Å². The van der Waals surface area contributed by atoms with Gasteiger partial charge in [-0.2, -0.15) is 5.10 Å². The molecule has 1 aliphatic heterocycles. The van der Waals surface area contributed by atoms with E-state index in [0.717, 1.165) is 5.56 Å². The van der Waals surface area contributed by atoms with Crippen molar-refractivity contribution in [3.8, 4) is 11.3 Å². The van der Waals surface area contributed by atoms with Gasteiger partial charge in [0.05, 0.1) is 11.4 Å². The van der Waals surface area contributed by atoms with Crippen molar-refractivity contribution in [2.45, 2.75) is 0 Å². The summed E-state index contributed by atoms with van der Waals surface area (Å²) >= 11 is 6.02. The lowest BCUT2D eigenvalue weighted by molar-refractivity contribution is 0.0740. The normalized spacial score (nSPS) is 14.4. The second-order valence-corrected chi connectivity index (χ2v) is 6.84. The predicted molar refractivity (Wildman–Crippen MR) is 104 cm³/mol. The Kier molecular flexibility index (Phi) is 4.81. The summed E-state index contributed by atoms with van der Waals surface area (Å²) in [4.78, 5) is 16.5. The standard InChI is InChI=1S/C20H18ClFN4O/c21-15-5-3-4-14(12-15)17-13-18(24-23-17)20(27)26-10-8-25(9-11-26)19-7-2-1-6-16(19)22/h1-7,12-13H,8-11H2,(H,23,24). The largest absolute Gasteiger partial charge is 0.366 e. The Balaban J connectivity index is 1.43. The van der Waals surface area contributed by atoms with Gasteiger partial charge in [-0.05, 0) is 30.3 Å². The number of nitrogens with one attached hydrogen (secondary N) is 1. The van der Waals surface area contributed by atoms with Crippen LogP contribution in [0.3, 0.4) is 0 Å². The van der Waals surface area contributed by atoms with E-state index in [1.807, 2.05) is 23.1 Å². The fourth-order valence-electron chi connectivity index (χ4n) is 3.26. The number of hydrogen-bond donors (Lipinski definition) is 1. The molecule has 3 aromatic rings.